The first kappa shape index (κ1) is 27.3. The lowest BCUT2D eigenvalue weighted by atomic mass is 9.45. The molecule has 0 spiro atoms. The van der Waals surface area contributed by atoms with E-state index in [9.17, 15) is 4.79 Å². The number of hydrogen-bond acceptors (Lipinski definition) is 4. The van der Waals surface area contributed by atoms with Crippen LogP contribution < -0.4 is 16.2 Å². The summed E-state index contributed by atoms with van der Waals surface area (Å²) < 4.78 is 1.69. The van der Waals surface area contributed by atoms with Crippen molar-refractivity contribution < 1.29 is 0 Å². The number of halogens is 1. The fraction of sp³-hybridized carbons (Fsp3) is 0.531. The summed E-state index contributed by atoms with van der Waals surface area (Å²) in [5, 5.41) is 8.54. The minimum Gasteiger partial charge on any atom is -0.340 e. The Morgan fingerprint density at radius 3 is 2.70 bits per heavy atom. The average Bonchev–Trinajstić information content (AvgIpc) is 2.94. The highest BCUT2D eigenvalue weighted by atomic mass is 35.5. The van der Waals surface area contributed by atoms with Crippen molar-refractivity contribution in [1.29, 1.82) is 0 Å². The van der Waals surface area contributed by atoms with Gasteiger partial charge in [-0.1, -0.05) is 44.5 Å². The Morgan fingerprint density at radius 2 is 1.98 bits per heavy atom. The highest BCUT2D eigenvalue weighted by molar-refractivity contribution is 6.30. The van der Waals surface area contributed by atoms with Crippen LogP contribution in [0.15, 0.2) is 58.6 Å². The average molecular weight is 561 g/mol. The van der Waals surface area contributed by atoms with Crippen LogP contribution in [0, 0.1) is 23.2 Å². The predicted molar refractivity (Wildman–Crippen MR) is 164 cm³/mol. The smallest absolute Gasteiger partial charge is 0.261 e. The van der Waals surface area contributed by atoms with Crippen molar-refractivity contribution >= 4 is 34.2 Å². The molecular formula is C32H41ClN6O. The van der Waals surface area contributed by atoms with E-state index in [4.69, 9.17) is 16.6 Å². The molecule has 0 amide bonds. The van der Waals surface area contributed by atoms with Crippen LogP contribution >= 0.6 is 11.6 Å². The van der Waals surface area contributed by atoms with Crippen molar-refractivity contribution in [3.63, 3.8) is 0 Å². The Hall–Kier alpha value is -2.90. The van der Waals surface area contributed by atoms with Gasteiger partial charge in [0.1, 0.15) is 0 Å². The molecule has 3 aromatic rings. The van der Waals surface area contributed by atoms with Gasteiger partial charge in [-0.3, -0.25) is 9.36 Å². The SMILES string of the molecule is C[C@@H]1[C@@H](N=C(Nc2ccc3c(=O)n(CCc4ccc(Cl)cc4)cnc3c2)N2CCN[C@@H](C)C2)C[C@H]2C[C@@H]1C2(C)C. The molecule has 4 aliphatic rings. The van der Waals surface area contributed by atoms with Gasteiger partial charge in [-0.25, -0.2) is 9.98 Å². The second-order valence-electron chi connectivity index (χ2n) is 12.8. The summed E-state index contributed by atoms with van der Waals surface area (Å²) in [6, 6.07) is 14.3. The molecule has 40 heavy (non-hydrogen) atoms. The lowest BCUT2D eigenvalue weighted by Gasteiger charge is -2.61. The van der Waals surface area contributed by atoms with Gasteiger partial charge in [-0.15, -0.1) is 0 Å². The van der Waals surface area contributed by atoms with Gasteiger partial charge in [0.05, 0.1) is 23.3 Å². The zero-order valence-electron chi connectivity index (χ0n) is 24.0. The Labute approximate surface area is 242 Å². The molecule has 3 saturated carbocycles. The third-order valence-electron chi connectivity index (χ3n) is 9.91. The number of rotatable bonds is 5. The monoisotopic (exact) mass is 560 g/mol. The lowest BCUT2D eigenvalue weighted by molar-refractivity contribution is -0.108. The van der Waals surface area contributed by atoms with E-state index in [1.165, 1.54) is 6.42 Å². The second-order valence-corrected chi connectivity index (χ2v) is 13.2. The number of aromatic nitrogens is 2. The van der Waals surface area contributed by atoms with E-state index in [0.29, 0.717) is 45.9 Å². The van der Waals surface area contributed by atoms with Crippen LogP contribution in [-0.4, -0.2) is 52.1 Å². The van der Waals surface area contributed by atoms with Crippen LogP contribution in [0.4, 0.5) is 5.69 Å². The Morgan fingerprint density at radius 1 is 1.18 bits per heavy atom. The number of hydrogen-bond donors (Lipinski definition) is 2. The predicted octanol–water partition coefficient (Wildman–Crippen LogP) is 5.42. The van der Waals surface area contributed by atoms with E-state index in [-0.39, 0.29) is 5.56 Å². The number of anilines is 1. The number of fused-ring (bicyclic) bond motifs is 3. The van der Waals surface area contributed by atoms with E-state index in [1.807, 2.05) is 42.5 Å². The number of benzene rings is 2. The topological polar surface area (TPSA) is 74.5 Å². The third-order valence-corrected chi connectivity index (χ3v) is 10.2. The minimum atomic E-state index is -0.0202. The zero-order valence-corrected chi connectivity index (χ0v) is 24.8. The van der Waals surface area contributed by atoms with Gasteiger partial charge in [-0.2, -0.15) is 0 Å². The quantitative estimate of drug-likeness (QED) is 0.322. The normalized spacial score (nSPS) is 27.9. The van der Waals surface area contributed by atoms with Crippen LogP contribution in [0.5, 0.6) is 0 Å². The standard InChI is InChI=1S/C32H41ClN6O/c1-20-18-38(14-12-34-20)31(37-28-16-23-15-27(21(28)2)32(23,3)4)36-25-9-10-26-29(17-25)35-19-39(30(26)40)13-11-22-5-7-24(33)8-6-22/h5-10,17,19-21,23,27-28,34H,11-16,18H2,1-4H3,(H,36,37)/t20-,21-,23+,27-,28-/m0/s1. The molecule has 2 bridgehead atoms. The Bertz CT molecular complexity index is 1460. The molecule has 0 radical (unpaired) electrons. The van der Waals surface area contributed by atoms with E-state index in [0.717, 1.165) is 61.5 Å². The number of nitrogens with one attached hydrogen (secondary N) is 2. The molecule has 0 unspecified atom stereocenters. The van der Waals surface area contributed by atoms with E-state index in [1.54, 1.807) is 10.9 Å². The molecule has 5 atom stereocenters. The van der Waals surface area contributed by atoms with Crippen molar-refractivity contribution in [1.82, 2.24) is 19.8 Å². The van der Waals surface area contributed by atoms with Gasteiger partial charge in [0.15, 0.2) is 5.96 Å². The van der Waals surface area contributed by atoms with Gasteiger partial charge in [-0.05, 0) is 85.3 Å². The van der Waals surface area contributed by atoms with Crippen LogP contribution in [0.1, 0.15) is 46.1 Å². The maximum Gasteiger partial charge on any atom is 0.261 e. The fourth-order valence-electron chi connectivity index (χ4n) is 7.19. The van der Waals surface area contributed by atoms with E-state index in [2.05, 4.69) is 48.2 Å². The minimum absolute atomic E-state index is 0.0202. The van der Waals surface area contributed by atoms with Crippen molar-refractivity contribution in [2.24, 2.45) is 28.2 Å². The number of piperazine rings is 1. The van der Waals surface area contributed by atoms with Crippen molar-refractivity contribution in [2.45, 2.75) is 65.6 Å². The summed E-state index contributed by atoms with van der Waals surface area (Å²) in [7, 11) is 0. The van der Waals surface area contributed by atoms with Gasteiger partial charge in [0.25, 0.3) is 5.56 Å². The summed E-state index contributed by atoms with van der Waals surface area (Å²) in [5.74, 6) is 3.02. The van der Waals surface area contributed by atoms with Gasteiger partial charge < -0.3 is 15.5 Å². The first-order valence-corrected chi connectivity index (χ1v) is 15.1. The maximum atomic E-state index is 13.2. The molecule has 1 saturated heterocycles. The van der Waals surface area contributed by atoms with E-state index >= 15 is 0 Å². The molecule has 1 aliphatic heterocycles. The molecule has 2 aromatic carbocycles. The first-order valence-electron chi connectivity index (χ1n) is 14.8. The van der Waals surface area contributed by atoms with Crippen LogP contribution in [-0.2, 0) is 13.0 Å². The molecule has 2 N–H and O–H groups in total. The van der Waals surface area contributed by atoms with Gasteiger partial charge >= 0.3 is 0 Å². The van der Waals surface area contributed by atoms with Crippen LogP contribution in [0.2, 0.25) is 5.02 Å². The van der Waals surface area contributed by atoms with Crippen molar-refractivity contribution in [2.75, 3.05) is 25.0 Å². The highest BCUT2D eigenvalue weighted by Gasteiger charge is 2.56. The van der Waals surface area contributed by atoms with Crippen molar-refractivity contribution in [3.8, 4) is 0 Å². The van der Waals surface area contributed by atoms with Crippen LogP contribution in [0.25, 0.3) is 10.9 Å². The molecule has 7 nitrogen and oxygen atoms in total. The number of aliphatic imine (C=N–C) groups is 1. The van der Waals surface area contributed by atoms with Crippen molar-refractivity contribution in [3.05, 3.63) is 69.7 Å². The summed E-state index contributed by atoms with van der Waals surface area (Å²) in [6.07, 6.45) is 4.91. The number of nitrogens with zero attached hydrogens (tertiary/aromatic N) is 4. The van der Waals surface area contributed by atoms with Crippen LogP contribution in [0.3, 0.4) is 0 Å². The lowest BCUT2D eigenvalue weighted by Crippen LogP contribution is -2.57. The summed E-state index contributed by atoms with van der Waals surface area (Å²) >= 11 is 6.00. The Balaban J connectivity index is 1.23. The highest BCUT2D eigenvalue weighted by Crippen LogP contribution is 2.61. The first-order chi connectivity index (χ1) is 19.2. The molecule has 7 rings (SSSR count). The zero-order chi connectivity index (χ0) is 28.0. The summed E-state index contributed by atoms with van der Waals surface area (Å²) in [5.41, 5.74) is 3.16. The molecule has 2 heterocycles. The largest absolute Gasteiger partial charge is 0.340 e. The number of guanidine groups is 1. The third kappa shape index (κ3) is 5.26. The Kier molecular flexibility index (Phi) is 7.38. The molecule has 4 fully saturated rings. The molecule has 8 heteroatoms. The summed E-state index contributed by atoms with van der Waals surface area (Å²) in [4.78, 5) is 25.7. The molecular weight excluding hydrogens is 520 g/mol. The fourth-order valence-corrected chi connectivity index (χ4v) is 7.32. The molecule has 1 aromatic heterocycles. The second kappa shape index (κ2) is 10.8. The number of aryl methyl sites for hydroxylation is 2. The van der Waals surface area contributed by atoms with Gasteiger partial charge in [0, 0.05) is 42.9 Å². The molecule has 212 valence electrons. The van der Waals surface area contributed by atoms with Gasteiger partial charge in [0.2, 0.25) is 0 Å². The maximum absolute atomic E-state index is 13.2. The van der Waals surface area contributed by atoms with E-state index < -0.39 is 0 Å². The summed E-state index contributed by atoms with van der Waals surface area (Å²) in [6.45, 7) is 12.8. The molecule has 3 aliphatic carbocycles.